The molecular weight excluding hydrogens is 326 g/mol. The second kappa shape index (κ2) is 6.76. The molecule has 0 radical (unpaired) electrons. The van der Waals surface area contributed by atoms with Gasteiger partial charge in [0, 0.05) is 24.9 Å². The van der Waals surface area contributed by atoms with Gasteiger partial charge in [0.1, 0.15) is 6.10 Å². The summed E-state index contributed by atoms with van der Waals surface area (Å²) in [6.45, 7) is 5.18. The van der Waals surface area contributed by atoms with E-state index in [0.29, 0.717) is 13.1 Å². The van der Waals surface area contributed by atoms with Crippen molar-refractivity contribution in [2.75, 3.05) is 13.1 Å². The largest absolute Gasteiger partial charge is 0.441 e. The number of rotatable bonds is 3. The van der Waals surface area contributed by atoms with Crippen LogP contribution in [0.5, 0.6) is 0 Å². The lowest BCUT2D eigenvalue weighted by molar-refractivity contribution is 0.0273. The lowest BCUT2D eigenvalue weighted by atomic mass is 9.64. The molecule has 0 fully saturated rings. The molecule has 2 bridgehead atoms. The molecule has 136 valence electrons. The Balaban J connectivity index is 1.79. The molecule has 2 aromatic rings. The lowest BCUT2D eigenvalue weighted by Gasteiger charge is -2.44. The average molecular weight is 351 g/mol. The highest BCUT2D eigenvalue weighted by atomic mass is 16.6. The lowest BCUT2D eigenvalue weighted by Crippen LogP contribution is -2.37. The predicted octanol–water partition coefficient (Wildman–Crippen LogP) is 4.52. The summed E-state index contributed by atoms with van der Waals surface area (Å²) in [6, 6.07) is 16.1. The fourth-order valence-corrected chi connectivity index (χ4v) is 4.58. The molecule has 4 nitrogen and oxygen atoms in total. The van der Waals surface area contributed by atoms with E-state index < -0.39 is 6.10 Å². The van der Waals surface area contributed by atoms with Crippen LogP contribution in [-0.2, 0) is 4.74 Å². The molecule has 2 aliphatic carbocycles. The summed E-state index contributed by atoms with van der Waals surface area (Å²) < 4.78 is 6.04. The first kappa shape index (κ1) is 17.1. The third kappa shape index (κ3) is 2.60. The summed E-state index contributed by atoms with van der Waals surface area (Å²) in [5.41, 5.74) is 4.20. The molecule has 26 heavy (non-hydrogen) atoms. The van der Waals surface area contributed by atoms with Crippen molar-refractivity contribution >= 4 is 6.09 Å². The molecule has 0 spiro atoms. The molecule has 0 heterocycles. The van der Waals surface area contributed by atoms with E-state index >= 15 is 0 Å². The van der Waals surface area contributed by atoms with Crippen LogP contribution >= 0.6 is 0 Å². The van der Waals surface area contributed by atoms with Gasteiger partial charge in [-0.15, -0.1) is 0 Å². The van der Waals surface area contributed by atoms with Gasteiger partial charge in [-0.25, -0.2) is 4.79 Å². The average Bonchev–Trinajstić information content (AvgIpc) is 2.68. The number of ether oxygens (including phenoxy) is 1. The van der Waals surface area contributed by atoms with Gasteiger partial charge < -0.3 is 14.7 Å². The number of carbonyl (C=O) groups is 1. The number of aliphatic hydroxyl groups excluding tert-OH is 1. The molecule has 1 amide bonds. The Bertz CT molecular complexity index is 815. The summed E-state index contributed by atoms with van der Waals surface area (Å²) in [5.74, 6) is 0.128. The van der Waals surface area contributed by atoms with Crippen molar-refractivity contribution in [3.05, 3.63) is 70.8 Å². The van der Waals surface area contributed by atoms with Crippen molar-refractivity contribution in [3.63, 3.8) is 0 Å². The number of nitrogens with zero attached hydrogens (tertiary/aromatic N) is 1. The van der Waals surface area contributed by atoms with Crippen LogP contribution in [0, 0.1) is 0 Å². The quantitative estimate of drug-likeness (QED) is 0.884. The molecule has 4 atom stereocenters. The first-order chi connectivity index (χ1) is 12.7. The van der Waals surface area contributed by atoms with Crippen molar-refractivity contribution < 1.29 is 14.6 Å². The summed E-state index contributed by atoms with van der Waals surface area (Å²) in [4.78, 5) is 14.4. The Morgan fingerprint density at radius 3 is 2.12 bits per heavy atom. The van der Waals surface area contributed by atoms with Crippen molar-refractivity contribution in [2.45, 2.75) is 44.3 Å². The number of hydrogen-bond donors (Lipinski definition) is 1. The Labute approximate surface area is 154 Å². The smallest absolute Gasteiger partial charge is 0.410 e. The van der Waals surface area contributed by atoms with E-state index in [-0.39, 0.29) is 24.0 Å². The number of fused-ring (bicyclic) bond motifs is 6. The molecule has 4 rings (SSSR count). The number of aliphatic hydroxyl groups is 1. The number of benzene rings is 2. The van der Waals surface area contributed by atoms with Crippen LogP contribution in [-0.4, -0.2) is 29.2 Å². The van der Waals surface area contributed by atoms with Gasteiger partial charge in [-0.05, 0) is 42.5 Å². The minimum atomic E-state index is -0.511. The van der Waals surface area contributed by atoms with Crippen LogP contribution in [0.2, 0.25) is 0 Å². The minimum Gasteiger partial charge on any atom is -0.441 e. The third-order valence-electron chi connectivity index (χ3n) is 5.92. The van der Waals surface area contributed by atoms with Crippen LogP contribution in [0.25, 0.3) is 0 Å². The maximum atomic E-state index is 12.7. The van der Waals surface area contributed by atoms with Crippen molar-refractivity contribution in [1.29, 1.82) is 0 Å². The Morgan fingerprint density at radius 1 is 0.962 bits per heavy atom. The Hall–Kier alpha value is -2.33. The summed E-state index contributed by atoms with van der Waals surface area (Å²) >= 11 is 0. The molecule has 4 unspecified atom stereocenters. The molecule has 4 heteroatoms. The fourth-order valence-electron chi connectivity index (χ4n) is 4.58. The highest BCUT2D eigenvalue weighted by molar-refractivity contribution is 5.68. The fraction of sp³-hybridized carbons (Fsp3) is 0.409. The topological polar surface area (TPSA) is 49.8 Å². The number of amides is 1. The van der Waals surface area contributed by atoms with Crippen LogP contribution in [0.1, 0.15) is 66.6 Å². The van der Waals surface area contributed by atoms with E-state index in [9.17, 15) is 9.90 Å². The predicted molar refractivity (Wildman–Crippen MR) is 100 cm³/mol. The monoisotopic (exact) mass is 351 g/mol. The van der Waals surface area contributed by atoms with Gasteiger partial charge in [-0.3, -0.25) is 0 Å². The van der Waals surface area contributed by atoms with Gasteiger partial charge in [0.15, 0.2) is 0 Å². The van der Waals surface area contributed by atoms with Gasteiger partial charge in [0.25, 0.3) is 0 Å². The van der Waals surface area contributed by atoms with E-state index in [1.54, 1.807) is 4.90 Å². The first-order valence-corrected chi connectivity index (χ1v) is 9.46. The number of hydrogen-bond acceptors (Lipinski definition) is 3. The maximum Gasteiger partial charge on any atom is 0.410 e. The highest BCUT2D eigenvalue weighted by Crippen LogP contribution is 2.56. The second-order valence-electron chi connectivity index (χ2n) is 7.13. The minimum absolute atomic E-state index is 0.0505. The van der Waals surface area contributed by atoms with Crippen molar-refractivity contribution in [2.24, 2.45) is 0 Å². The van der Waals surface area contributed by atoms with Gasteiger partial charge in [-0.1, -0.05) is 48.5 Å². The van der Waals surface area contributed by atoms with Gasteiger partial charge in [0.05, 0.1) is 6.10 Å². The van der Waals surface area contributed by atoms with E-state index in [1.165, 1.54) is 0 Å². The zero-order valence-corrected chi connectivity index (χ0v) is 15.3. The first-order valence-electron chi connectivity index (χ1n) is 9.46. The van der Waals surface area contributed by atoms with Gasteiger partial charge in [0.2, 0.25) is 0 Å². The molecular formula is C22H25NO3. The summed E-state index contributed by atoms with van der Waals surface area (Å²) in [5, 5.41) is 10.9. The second-order valence-corrected chi connectivity index (χ2v) is 7.13. The van der Waals surface area contributed by atoms with Crippen LogP contribution < -0.4 is 0 Å². The normalized spacial score (nSPS) is 25.8. The molecule has 2 aromatic carbocycles. The van der Waals surface area contributed by atoms with Crippen LogP contribution in [0.4, 0.5) is 4.79 Å². The van der Waals surface area contributed by atoms with Gasteiger partial charge >= 0.3 is 6.09 Å². The number of carbonyl (C=O) groups excluding carboxylic acids is 1. The molecule has 0 saturated carbocycles. The zero-order valence-electron chi connectivity index (χ0n) is 15.3. The Kier molecular flexibility index (Phi) is 4.45. The summed E-state index contributed by atoms with van der Waals surface area (Å²) in [6.07, 6.45) is -0.296. The standard InChI is InChI=1S/C22H25NO3/c1-3-23(4-2)22(25)26-21-17-12-8-6-10-15(17)18-13-19(21)14-9-5-7-11-16(14)20(18)24/h5-12,18-21,24H,3-4,13H2,1-2H3. The molecule has 2 aliphatic rings. The molecule has 0 aromatic heterocycles. The van der Waals surface area contributed by atoms with Crippen molar-refractivity contribution in [3.8, 4) is 0 Å². The van der Waals surface area contributed by atoms with Crippen molar-refractivity contribution in [1.82, 2.24) is 4.90 Å². The molecule has 0 aliphatic heterocycles. The highest BCUT2D eigenvalue weighted by Gasteiger charge is 2.45. The summed E-state index contributed by atoms with van der Waals surface area (Å²) in [7, 11) is 0. The SMILES string of the molecule is CCN(CC)C(=O)OC1c2ccccc2C2CC1c1ccccc1C2O. The third-order valence-corrected chi connectivity index (χ3v) is 5.92. The van der Waals surface area contributed by atoms with Crippen LogP contribution in [0.15, 0.2) is 48.5 Å². The Morgan fingerprint density at radius 2 is 1.50 bits per heavy atom. The van der Waals surface area contributed by atoms with E-state index in [1.807, 2.05) is 50.2 Å². The molecule has 1 N–H and O–H groups in total. The van der Waals surface area contributed by atoms with Gasteiger partial charge in [-0.2, -0.15) is 0 Å². The zero-order chi connectivity index (χ0) is 18.3. The van der Waals surface area contributed by atoms with E-state index in [0.717, 1.165) is 28.7 Å². The van der Waals surface area contributed by atoms with Crippen LogP contribution in [0.3, 0.4) is 0 Å². The maximum absolute atomic E-state index is 12.7. The van der Waals surface area contributed by atoms with E-state index in [4.69, 9.17) is 4.74 Å². The van der Waals surface area contributed by atoms with E-state index in [2.05, 4.69) is 12.1 Å². The molecule has 0 saturated heterocycles.